The minimum Gasteiger partial charge on any atom is -0.334 e. The van der Waals surface area contributed by atoms with Crippen molar-refractivity contribution in [2.75, 3.05) is 26.2 Å². The molecule has 1 aliphatic rings. The zero-order valence-electron chi connectivity index (χ0n) is 10.4. The van der Waals surface area contributed by atoms with E-state index in [4.69, 9.17) is 5.73 Å². The van der Waals surface area contributed by atoms with Gasteiger partial charge in [-0.1, -0.05) is 30.3 Å². The Morgan fingerprint density at radius 1 is 1.44 bits per heavy atom. The Morgan fingerprint density at radius 3 is 2.94 bits per heavy atom. The molecule has 1 aromatic carbocycles. The van der Waals surface area contributed by atoms with Crippen molar-refractivity contribution in [2.45, 2.75) is 12.6 Å². The lowest BCUT2D eigenvalue weighted by atomic mass is 10.2. The summed E-state index contributed by atoms with van der Waals surface area (Å²) >= 11 is 0. The average molecular weight is 248 g/mol. The van der Waals surface area contributed by atoms with Crippen molar-refractivity contribution in [2.24, 2.45) is 5.73 Å². The number of piperazine rings is 1. The van der Waals surface area contributed by atoms with E-state index in [-0.39, 0.29) is 12.1 Å². The quantitative estimate of drug-likeness (QED) is 0.712. The molecule has 1 heterocycles. The molecular formula is C13H20N4O. The van der Waals surface area contributed by atoms with Crippen LogP contribution in [0.5, 0.6) is 0 Å². The molecule has 0 bridgehead atoms. The van der Waals surface area contributed by atoms with Crippen molar-refractivity contribution in [1.29, 1.82) is 0 Å². The molecule has 1 atom stereocenters. The fourth-order valence-corrected chi connectivity index (χ4v) is 2.11. The van der Waals surface area contributed by atoms with Crippen molar-refractivity contribution in [1.82, 2.24) is 15.5 Å². The molecular weight excluding hydrogens is 228 g/mol. The summed E-state index contributed by atoms with van der Waals surface area (Å²) < 4.78 is 0. The fourth-order valence-electron chi connectivity index (χ4n) is 2.11. The number of benzene rings is 1. The second-order valence-corrected chi connectivity index (χ2v) is 4.43. The lowest BCUT2D eigenvalue weighted by molar-refractivity contribution is 0.160. The summed E-state index contributed by atoms with van der Waals surface area (Å²) in [7, 11) is 0. The monoisotopic (exact) mass is 248 g/mol. The van der Waals surface area contributed by atoms with Crippen molar-refractivity contribution in [3.8, 4) is 0 Å². The van der Waals surface area contributed by atoms with E-state index < -0.39 is 0 Å². The van der Waals surface area contributed by atoms with Gasteiger partial charge in [-0.15, -0.1) is 0 Å². The van der Waals surface area contributed by atoms with E-state index >= 15 is 0 Å². The van der Waals surface area contributed by atoms with E-state index in [1.54, 1.807) is 0 Å². The third kappa shape index (κ3) is 3.21. The van der Waals surface area contributed by atoms with Crippen LogP contribution in [0, 0.1) is 0 Å². The standard InChI is InChI=1S/C13H20N4O/c14-8-12-10-15-6-7-17(12)13(18)16-9-11-4-2-1-3-5-11/h1-5,12,15H,6-10,14H2,(H,16,18). The van der Waals surface area contributed by atoms with Gasteiger partial charge in [-0.2, -0.15) is 0 Å². The van der Waals surface area contributed by atoms with Crippen LogP contribution in [0.3, 0.4) is 0 Å². The van der Waals surface area contributed by atoms with E-state index in [0.29, 0.717) is 19.6 Å². The minimum absolute atomic E-state index is 0.0317. The highest BCUT2D eigenvalue weighted by molar-refractivity contribution is 5.74. The van der Waals surface area contributed by atoms with Gasteiger partial charge in [0.05, 0.1) is 6.04 Å². The first-order chi connectivity index (χ1) is 8.81. The maximum absolute atomic E-state index is 12.1. The predicted molar refractivity (Wildman–Crippen MR) is 71.1 cm³/mol. The first-order valence-corrected chi connectivity index (χ1v) is 6.30. The van der Waals surface area contributed by atoms with Crippen LogP contribution in [0.1, 0.15) is 5.56 Å². The molecule has 1 aliphatic heterocycles. The molecule has 1 aromatic rings. The van der Waals surface area contributed by atoms with Gasteiger partial charge in [-0.05, 0) is 5.56 Å². The smallest absolute Gasteiger partial charge is 0.318 e. The van der Waals surface area contributed by atoms with E-state index in [1.807, 2.05) is 35.2 Å². The van der Waals surface area contributed by atoms with Gasteiger partial charge in [0.15, 0.2) is 0 Å². The van der Waals surface area contributed by atoms with Crippen molar-refractivity contribution in [3.63, 3.8) is 0 Å². The summed E-state index contributed by atoms with van der Waals surface area (Å²) in [6.07, 6.45) is 0. The summed E-state index contributed by atoms with van der Waals surface area (Å²) in [5.41, 5.74) is 6.78. The maximum atomic E-state index is 12.1. The average Bonchev–Trinajstić information content (AvgIpc) is 2.45. The Labute approximate surface area is 107 Å². The molecule has 0 radical (unpaired) electrons. The zero-order valence-corrected chi connectivity index (χ0v) is 10.4. The lowest BCUT2D eigenvalue weighted by Gasteiger charge is -2.35. The summed E-state index contributed by atoms with van der Waals surface area (Å²) in [6.45, 7) is 3.36. The van der Waals surface area contributed by atoms with Gasteiger partial charge in [-0.3, -0.25) is 0 Å². The van der Waals surface area contributed by atoms with Crippen LogP contribution in [0.15, 0.2) is 30.3 Å². The summed E-state index contributed by atoms with van der Waals surface area (Å²) in [4.78, 5) is 13.9. The van der Waals surface area contributed by atoms with E-state index in [2.05, 4.69) is 10.6 Å². The van der Waals surface area contributed by atoms with Crippen LogP contribution in [-0.2, 0) is 6.54 Å². The molecule has 0 saturated carbocycles. The summed E-state index contributed by atoms with van der Waals surface area (Å²) in [6, 6.07) is 9.96. The molecule has 4 N–H and O–H groups in total. The van der Waals surface area contributed by atoms with Gasteiger partial charge >= 0.3 is 6.03 Å². The van der Waals surface area contributed by atoms with Crippen LogP contribution < -0.4 is 16.4 Å². The number of urea groups is 1. The number of hydrogen-bond acceptors (Lipinski definition) is 3. The minimum atomic E-state index is -0.0317. The highest BCUT2D eigenvalue weighted by Gasteiger charge is 2.24. The van der Waals surface area contributed by atoms with E-state index in [1.165, 1.54) is 0 Å². The van der Waals surface area contributed by atoms with Crippen molar-refractivity contribution < 1.29 is 4.79 Å². The first-order valence-electron chi connectivity index (χ1n) is 6.30. The molecule has 0 aliphatic carbocycles. The highest BCUT2D eigenvalue weighted by atomic mass is 16.2. The van der Waals surface area contributed by atoms with Gasteiger partial charge in [0, 0.05) is 32.7 Å². The van der Waals surface area contributed by atoms with Crippen LogP contribution in [0.2, 0.25) is 0 Å². The summed E-state index contributed by atoms with van der Waals surface area (Å²) in [5, 5.41) is 6.18. The molecule has 1 saturated heterocycles. The van der Waals surface area contributed by atoms with Crippen LogP contribution in [0.4, 0.5) is 4.79 Å². The molecule has 1 unspecified atom stereocenters. The Bertz CT molecular complexity index is 382. The Kier molecular flexibility index (Phi) is 4.55. The number of rotatable bonds is 3. The number of nitrogens with zero attached hydrogens (tertiary/aromatic N) is 1. The predicted octanol–water partition coefficient (Wildman–Crippen LogP) is 0.129. The second kappa shape index (κ2) is 6.37. The Hall–Kier alpha value is -1.59. The van der Waals surface area contributed by atoms with Gasteiger partial charge in [-0.25, -0.2) is 4.79 Å². The molecule has 2 rings (SSSR count). The number of nitrogens with one attached hydrogen (secondary N) is 2. The Morgan fingerprint density at radius 2 is 2.22 bits per heavy atom. The topological polar surface area (TPSA) is 70.4 Å². The van der Waals surface area contributed by atoms with Crippen LogP contribution in [0.25, 0.3) is 0 Å². The first kappa shape index (κ1) is 12.9. The van der Waals surface area contributed by atoms with E-state index in [0.717, 1.165) is 18.7 Å². The molecule has 2 amide bonds. The number of carbonyl (C=O) groups excluding carboxylic acids is 1. The van der Waals surface area contributed by atoms with Crippen LogP contribution in [-0.4, -0.2) is 43.2 Å². The number of nitrogens with two attached hydrogens (primary N) is 1. The maximum Gasteiger partial charge on any atom is 0.318 e. The van der Waals surface area contributed by atoms with Gasteiger partial charge < -0.3 is 21.3 Å². The largest absolute Gasteiger partial charge is 0.334 e. The van der Waals surface area contributed by atoms with Gasteiger partial charge in [0.1, 0.15) is 0 Å². The second-order valence-electron chi connectivity index (χ2n) is 4.43. The fraction of sp³-hybridized carbons (Fsp3) is 0.462. The third-order valence-corrected chi connectivity index (χ3v) is 3.17. The third-order valence-electron chi connectivity index (χ3n) is 3.17. The van der Waals surface area contributed by atoms with Crippen LogP contribution >= 0.6 is 0 Å². The van der Waals surface area contributed by atoms with Gasteiger partial charge in [0.25, 0.3) is 0 Å². The number of amides is 2. The van der Waals surface area contributed by atoms with Crippen molar-refractivity contribution in [3.05, 3.63) is 35.9 Å². The van der Waals surface area contributed by atoms with Gasteiger partial charge in [0.2, 0.25) is 0 Å². The summed E-state index contributed by atoms with van der Waals surface area (Å²) in [5.74, 6) is 0. The normalized spacial score (nSPS) is 19.6. The molecule has 1 fully saturated rings. The molecule has 5 heteroatoms. The SMILES string of the molecule is NCC1CNCCN1C(=O)NCc1ccccc1. The lowest BCUT2D eigenvalue weighted by Crippen LogP contribution is -2.58. The molecule has 5 nitrogen and oxygen atoms in total. The number of carbonyl (C=O) groups is 1. The van der Waals surface area contributed by atoms with Crippen molar-refractivity contribution >= 4 is 6.03 Å². The molecule has 98 valence electrons. The number of hydrogen-bond donors (Lipinski definition) is 3. The Balaban J connectivity index is 1.87. The molecule has 0 aromatic heterocycles. The molecule has 0 spiro atoms. The highest BCUT2D eigenvalue weighted by Crippen LogP contribution is 2.03. The zero-order chi connectivity index (χ0) is 12.8. The van der Waals surface area contributed by atoms with E-state index in [9.17, 15) is 4.79 Å². The molecule has 18 heavy (non-hydrogen) atoms.